The molecule has 1 aromatic heterocycles. The molecule has 0 bridgehead atoms. The molecule has 0 spiro atoms. The van der Waals surface area contributed by atoms with Crippen LogP contribution >= 0.6 is 0 Å². The van der Waals surface area contributed by atoms with Crippen LogP contribution in [-0.4, -0.2) is 49.6 Å². The monoisotopic (exact) mass is 304 g/mol. The van der Waals surface area contributed by atoms with E-state index >= 15 is 0 Å². The lowest BCUT2D eigenvalue weighted by Crippen LogP contribution is -2.21. The van der Waals surface area contributed by atoms with E-state index in [1.54, 1.807) is 7.11 Å². The zero-order chi connectivity index (χ0) is 14.6. The van der Waals surface area contributed by atoms with E-state index in [9.17, 15) is 8.42 Å². The Bertz CT molecular complexity index is 537. The van der Waals surface area contributed by atoms with Gasteiger partial charge in [-0.2, -0.15) is 0 Å². The summed E-state index contributed by atoms with van der Waals surface area (Å²) in [5.74, 6) is 0.599. The molecule has 114 valence electrons. The Labute approximate surface area is 118 Å². The molecule has 1 aromatic rings. The predicted molar refractivity (Wildman–Crippen MR) is 70.6 cm³/mol. The van der Waals surface area contributed by atoms with E-state index < -0.39 is 10.0 Å². The third-order valence-electron chi connectivity index (χ3n) is 3.28. The first-order valence-corrected chi connectivity index (χ1v) is 8.12. The maximum atomic E-state index is 11.5. The molecule has 0 amide bonds. The third kappa shape index (κ3) is 3.75. The average molecular weight is 304 g/mol. The third-order valence-corrected chi connectivity index (χ3v) is 4.09. The lowest BCUT2D eigenvalue weighted by molar-refractivity contribution is 0.103. The molecule has 1 atom stereocenters. The van der Waals surface area contributed by atoms with Gasteiger partial charge < -0.3 is 9.47 Å². The Kier molecular flexibility index (Phi) is 5.08. The molecule has 0 aliphatic carbocycles. The van der Waals surface area contributed by atoms with Crippen LogP contribution in [0.5, 0.6) is 0 Å². The fourth-order valence-electron chi connectivity index (χ4n) is 2.28. The van der Waals surface area contributed by atoms with Crippen LogP contribution in [0.2, 0.25) is 0 Å². The SMILES string of the molecule is COCCn1c(CCC2CCCO2)nnc1S(N)(=O)=O. The number of aryl methyl sites for hydroxylation is 1. The van der Waals surface area contributed by atoms with Gasteiger partial charge in [-0.15, -0.1) is 10.2 Å². The minimum Gasteiger partial charge on any atom is -0.383 e. The van der Waals surface area contributed by atoms with Gasteiger partial charge in [0.15, 0.2) is 0 Å². The lowest BCUT2D eigenvalue weighted by atomic mass is 10.1. The fraction of sp³-hybridized carbons (Fsp3) is 0.818. The summed E-state index contributed by atoms with van der Waals surface area (Å²) < 4.78 is 35.0. The molecule has 1 aliphatic heterocycles. The highest BCUT2D eigenvalue weighted by atomic mass is 32.2. The minimum atomic E-state index is -3.88. The van der Waals surface area contributed by atoms with Gasteiger partial charge in [-0.1, -0.05) is 0 Å². The second-order valence-corrected chi connectivity index (χ2v) is 6.22. The number of hydrogen-bond donors (Lipinski definition) is 1. The first kappa shape index (κ1) is 15.4. The zero-order valence-corrected chi connectivity index (χ0v) is 12.3. The average Bonchev–Trinajstić information content (AvgIpc) is 3.02. The summed E-state index contributed by atoms with van der Waals surface area (Å²) in [6, 6.07) is 0. The molecule has 1 unspecified atom stereocenters. The van der Waals surface area contributed by atoms with Crippen molar-refractivity contribution in [2.75, 3.05) is 20.3 Å². The number of hydrogen-bond acceptors (Lipinski definition) is 6. The van der Waals surface area contributed by atoms with E-state index in [4.69, 9.17) is 14.6 Å². The van der Waals surface area contributed by atoms with Crippen molar-refractivity contribution in [2.24, 2.45) is 5.14 Å². The van der Waals surface area contributed by atoms with E-state index in [0.29, 0.717) is 25.4 Å². The van der Waals surface area contributed by atoms with Gasteiger partial charge in [0.2, 0.25) is 0 Å². The summed E-state index contributed by atoms with van der Waals surface area (Å²) in [4.78, 5) is 0. The standard InChI is InChI=1S/C11H20N4O4S/c1-18-8-6-15-10(5-4-9-3-2-7-19-9)13-14-11(15)20(12,16)17/h9H,2-8H2,1H3,(H2,12,16,17). The van der Waals surface area contributed by atoms with Gasteiger partial charge in [-0.3, -0.25) is 4.57 Å². The smallest absolute Gasteiger partial charge is 0.273 e. The van der Waals surface area contributed by atoms with Gasteiger partial charge in [-0.05, 0) is 19.3 Å². The second-order valence-electron chi connectivity index (χ2n) is 4.76. The molecular formula is C11H20N4O4S. The summed E-state index contributed by atoms with van der Waals surface area (Å²) in [5, 5.41) is 12.6. The highest BCUT2D eigenvalue weighted by molar-refractivity contribution is 7.89. The van der Waals surface area contributed by atoms with Gasteiger partial charge in [-0.25, -0.2) is 13.6 Å². The first-order chi connectivity index (χ1) is 9.52. The van der Waals surface area contributed by atoms with Crippen LogP contribution in [0, 0.1) is 0 Å². The summed E-state index contributed by atoms with van der Waals surface area (Å²) >= 11 is 0. The van der Waals surface area contributed by atoms with Crippen molar-refractivity contribution in [3.05, 3.63) is 5.82 Å². The van der Waals surface area contributed by atoms with E-state index in [1.165, 1.54) is 4.57 Å². The second kappa shape index (κ2) is 6.61. The molecule has 0 aromatic carbocycles. The Balaban J connectivity index is 2.12. The number of sulfonamides is 1. The Hall–Kier alpha value is -1.03. The van der Waals surface area contributed by atoms with Crippen molar-refractivity contribution in [2.45, 2.75) is 43.5 Å². The highest BCUT2D eigenvalue weighted by Gasteiger charge is 2.22. The zero-order valence-electron chi connectivity index (χ0n) is 11.5. The maximum Gasteiger partial charge on any atom is 0.273 e. The van der Waals surface area contributed by atoms with E-state index in [-0.39, 0.29) is 11.3 Å². The topological polar surface area (TPSA) is 109 Å². The number of primary sulfonamides is 1. The van der Waals surface area contributed by atoms with Gasteiger partial charge in [0.05, 0.1) is 12.7 Å². The molecule has 0 saturated carbocycles. The normalized spacial score (nSPS) is 19.6. The maximum absolute atomic E-state index is 11.5. The quantitative estimate of drug-likeness (QED) is 0.739. The highest BCUT2D eigenvalue weighted by Crippen LogP contribution is 2.18. The molecule has 2 heterocycles. The predicted octanol–water partition coefficient (Wildman–Crippen LogP) is -0.316. The molecule has 8 nitrogen and oxygen atoms in total. The van der Waals surface area contributed by atoms with Crippen LogP contribution in [0.25, 0.3) is 0 Å². The number of ether oxygens (including phenoxy) is 2. The molecule has 0 radical (unpaired) electrons. The van der Waals surface area contributed by atoms with Crippen molar-refractivity contribution in [1.82, 2.24) is 14.8 Å². The molecule has 2 N–H and O–H groups in total. The Morgan fingerprint density at radius 1 is 1.50 bits per heavy atom. The number of nitrogens with two attached hydrogens (primary N) is 1. The molecule has 20 heavy (non-hydrogen) atoms. The van der Waals surface area contributed by atoms with Crippen molar-refractivity contribution >= 4 is 10.0 Å². The molecule has 1 fully saturated rings. The van der Waals surface area contributed by atoms with Crippen molar-refractivity contribution in [3.8, 4) is 0 Å². The van der Waals surface area contributed by atoms with Crippen molar-refractivity contribution in [3.63, 3.8) is 0 Å². The lowest BCUT2D eigenvalue weighted by Gasteiger charge is -2.11. The molecule has 1 saturated heterocycles. The van der Waals surface area contributed by atoms with Crippen LogP contribution in [0.1, 0.15) is 25.1 Å². The first-order valence-electron chi connectivity index (χ1n) is 6.58. The van der Waals surface area contributed by atoms with E-state index in [1.807, 2.05) is 0 Å². The Morgan fingerprint density at radius 3 is 2.90 bits per heavy atom. The molecule has 9 heteroatoms. The van der Waals surface area contributed by atoms with Crippen LogP contribution in [0.3, 0.4) is 0 Å². The summed E-state index contributed by atoms with van der Waals surface area (Å²) in [7, 11) is -2.33. The Morgan fingerprint density at radius 2 is 2.30 bits per heavy atom. The minimum absolute atomic E-state index is 0.211. The molecule has 2 rings (SSSR count). The van der Waals surface area contributed by atoms with E-state index in [2.05, 4.69) is 10.2 Å². The van der Waals surface area contributed by atoms with Gasteiger partial charge in [0.25, 0.3) is 15.2 Å². The van der Waals surface area contributed by atoms with Gasteiger partial charge >= 0.3 is 0 Å². The summed E-state index contributed by atoms with van der Waals surface area (Å²) in [5.41, 5.74) is 0. The summed E-state index contributed by atoms with van der Waals surface area (Å²) in [6.45, 7) is 1.52. The number of rotatable bonds is 7. The fourth-order valence-corrected chi connectivity index (χ4v) is 2.94. The van der Waals surface area contributed by atoms with Crippen LogP contribution in [-0.2, 0) is 32.5 Å². The molecular weight excluding hydrogens is 284 g/mol. The largest absolute Gasteiger partial charge is 0.383 e. The van der Waals surface area contributed by atoms with Crippen molar-refractivity contribution < 1.29 is 17.9 Å². The van der Waals surface area contributed by atoms with Crippen LogP contribution in [0.4, 0.5) is 0 Å². The number of aromatic nitrogens is 3. The van der Waals surface area contributed by atoms with Gasteiger partial charge in [0, 0.05) is 26.7 Å². The van der Waals surface area contributed by atoms with Crippen molar-refractivity contribution in [1.29, 1.82) is 0 Å². The number of nitrogens with zero attached hydrogens (tertiary/aromatic N) is 3. The summed E-state index contributed by atoms with van der Waals surface area (Å²) in [6.07, 6.45) is 3.74. The van der Waals surface area contributed by atoms with E-state index in [0.717, 1.165) is 25.9 Å². The number of methoxy groups -OCH3 is 1. The van der Waals surface area contributed by atoms with Crippen LogP contribution in [0.15, 0.2) is 5.16 Å². The van der Waals surface area contributed by atoms with Crippen LogP contribution < -0.4 is 5.14 Å². The van der Waals surface area contributed by atoms with Gasteiger partial charge in [0.1, 0.15) is 5.82 Å². The molecule has 1 aliphatic rings.